The molecule has 0 spiro atoms. The largest absolute Gasteiger partial charge is 0.508 e. The van der Waals surface area contributed by atoms with Crippen LogP contribution in [0.25, 0.3) is 10.9 Å². The Balaban J connectivity index is 1.75. The maximum atomic E-state index is 11.9. The molecule has 0 aliphatic rings. The summed E-state index contributed by atoms with van der Waals surface area (Å²) in [6, 6.07) is 11.4. The molecule has 6 nitrogen and oxygen atoms in total. The Morgan fingerprint density at radius 2 is 1.86 bits per heavy atom. The second-order valence-corrected chi connectivity index (χ2v) is 4.73. The van der Waals surface area contributed by atoms with Crippen molar-refractivity contribution in [2.24, 2.45) is 5.10 Å². The number of para-hydroxylation sites is 1. The molecule has 3 rings (SSSR count). The summed E-state index contributed by atoms with van der Waals surface area (Å²) < 4.78 is 0. The highest BCUT2D eigenvalue weighted by Gasteiger charge is 2.07. The normalized spacial score (nSPS) is 11.1. The molecule has 0 aliphatic carbocycles. The molecule has 110 valence electrons. The minimum absolute atomic E-state index is 0.119. The standard InChI is InChI=1S/C16H13N3O3/c20-12-5-10(6-13(21)7-12)16(22)19-18-9-11-8-17-15-4-2-1-3-14(11)15/h1-9,17,20-21H,(H,19,22). The summed E-state index contributed by atoms with van der Waals surface area (Å²) in [6.45, 7) is 0. The predicted molar refractivity (Wildman–Crippen MR) is 83.1 cm³/mol. The number of aromatic amines is 1. The molecule has 0 fully saturated rings. The van der Waals surface area contributed by atoms with E-state index in [2.05, 4.69) is 15.5 Å². The van der Waals surface area contributed by atoms with Gasteiger partial charge in [0.25, 0.3) is 5.91 Å². The Hall–Kier alpha value is -3.28. The monoisotopic (exact) mass is 295 g/mol. The summed E-state index contributed by atoms with van der Waals surface area (Å²) in [5.41, 5.74) is 4.29. The number of hydrogen-bond donors (Lipinski definition) is 4. The number of aromatic hydroxyl groups is 2. The van der Waals surface area contributed by atoms with Crippen LogP contribution in [0.2, 0.25) is 0 Å². The van der Waals surface area contributed by atoms with Crippen LogP contribution < -0.4 is 5.43 Å². The number of nitrogens with one attached hydrogen (secondary N) is 2. The number of phenols is 2. The van der Waals surface area contributed by atoms with Gasteiger partial charge in [-0.25, -0.2) is 5.43 Å². The smallest absolute Gasteiger partial charge is 0.271 e. The summed E-state index contributed by atoms with van der Waals surface area (Å²) in [6.07, 6.45) is 3.32. The van der Waals surface area contributed by atoms with E-state index in [4.69, 9.17) is 0 Å². The van der Waals surface area contributed by atoms with Crippen molar-refractivity contribution in [1.82, 2.24) is 10.4 Å². The van der Waals surface area contributed by atoms with Crippen molar-refractivity contribution in [2.75, 3.05) is 0 Å². The van der Waals surface area contributed by atoms with Gasteiger partial charge in [0.05, 0.1) is 6.21 Å². The molecule has 6 heteroatoms. The highest BCUT2D eigenvalue weighted by molar-refractivity contribution is 6.00. The van der Waals surface area contributed by atoms with E-state index >= 15 is 0 Å². The molecule has 1 heterocycles. The lowest BCUT2D eigenvalue weighted by molar-refractivity contribution is 0.0954. The first-order valence-electron chi connectivity index (χ1n) is 6.56. The fourth-order valence-corrected chi connectivity index (χ4v) is 2.15. The number of fused-ring (bicyclic) bond motifs is 1. The molecule has 1 amide bonds. The number of nitrogens with zero attached hydrogens (tertiary/aromatic N) is 1. The van der Waals surface area contributed by atoms with Gasteiger partial charge in [-0.1, -0.05) is 18.2 Å². The summed E-state index contributed by atoms with van der Waals surface area (Å²) in [5, 5.41) is 23.6. The Morgan fingerprint density at radius 3 is 2.64 bits per heavy atom. The molecule has 22 heavy (non-hydrogen) atoms. The first-order chi connectivity index (χ1) is 10.6. The molecule has 0 aliphatic heterocycles. The molecule has 4 N–H and O–H groups in total. The second kappa shape index (κ2) is 5.61. The van der Waals surface area contributed by atoms with Gasteiger partial charge in [-0.2, -0.15) is 5.10 Å². The molecule has 0 radical (unpaired) electrons. The van der Waals surface area contributed by atoms with Crippen LogP contribution in [0.1, 0.15) is 15.9 Å². The first kappa shape index (κ1) is 13.7. The van der Waals surface area contributed by atoms with Crippen molar-refractivity contribution in [1.29, 1.82) is 0 Å². The van der Waals surface area contributed by atoms with Crippen LogP contribution in [0.5, 0.6) is 11.5 Å². The molecule has 2 aromatic carbocycles. The Bertz CT molecular complexity index is 848. The van der Waals surface area contributed by atoms with Crippen molar-refractivity contribution in [3.05, 3.63) is 59.8 Å². The zero-order chi connectivity index (χ0) is 15.5. The van der Waals surface area contributed by atoms with Crippen LogP contribution in [0, 0.1) is 0 Å². The number of rotatable bonds is 3. The highest BCUT2D eigenvalue weighted by atomic mass is 16.3. The average Bonchev–Trinajstić information content (AvgIpc) is 2.90. The number of benzene rings is 2. The van der Waals surface area contributed by atoms with Crippen LogP contribution in [0.3, 0.4) is 0 Å². The van der Waals surface area contributed by atoms with E-state index in [0.717, 1.165) is 22.5 Å². The molecule has 0 saturated carbocycles. The maximum Gasteiger partial charge on any atom is 0.271 e. The Morgan fingerprint density at radius 1 is 1.14 bits per heavy atom. The number of phenolic OH excluding ortho intramolecular Hbond substituents is 2. The molecule has 1 aromatic heterocycles. The fourth-order valence-electron chi connectivity index (χ4n) is 2.15. The molecule has 3 aromatic rings. The molecule has 0 saturated heterocycles. The minimum Gasteiger partial charge on any atom is -0.508 e. The molecular formula is C16H13N3O3. The lowest BCUT2D eigenvalue weighted by atomic mass is 10.2. The van der Waals surface area contributed by atoms with Crippen molar-refractivity contribution in [2.45, 2.75) is 0 Å². The summed E-state index contributed by atoms with van der Waals surface area (Å²) in [5.74, 6) is -0.904. The van der Waals surface area contributed by atoms with Gasteiger partial charge < -0.3 is 15.2 Å². The Kier molecular flexibility index (Phi) is 3.49. The van der Waals surface area contributed by atoms with E-state index in [1.165, 1.54) is 18.3 Å². The second-order valence-electron chi connectivity index (χ2n) is 4.73. The molecule has 0 atom stereocenters. The Labute approximate surface area is 125 Å². The number of H-pyrrole nitrogens is 1. The molecule has 0 bridgehead atoms. The summed E-state index contributed by atoms with van der Waals surface area (Å²) >= 11 is 0. The first-order valence-corrected chi connectivity index (χ1v) is 6.56. The third-order valence-electron chi connectivity index (χ3n) is 3.16. The van der Waals surface area contributed by atoms with Gasteiger partial charge in [-0.05, 0) is 18.2 Å². The van der Waals surface area contributed by atoms with Gasteiger partial charge in [0.2, 0.25) is 0 Å². The molecular weight excluding hydrogens is 282 g/mol. The van der Waals surface area contributed by atoms with E-state index in [0.29, 0.717) is 0 Å². The lowest BCUT2D eigenvalue weighted by Crippen LogP contribution is -2.17. The van der Waals surface area contributed by atoms with Crippen LogP contribution in [0.15, 0.2) is 53.8 Å². The molecule has 0 unspecified atom stereocenters. The van der Waals surface area contributed by atoms with Crippen LogP contribution in [0.4, 0.5) is 0 Å². The van der Waals surface area contributed by atoms with Gasteiger partial charge in [-0.15, -0.1) is 0 Å². The zero-order valence-corrected chi connectivity index (χ0v) is 11.4. The zero-order valence-electron chi connectivity index (χ0n) is 11.4. The number of aromatic nitrogens is 1. The number of carbonyl (C=O) groups is 1. The van der Waals surface area contributed by atoms with Gasteiger partial charge in [0.1, 0.15) is 11.5 Å². The van der Waals surface area contributed by atoms with Gasteiger partial charge in [0.15, 0.2) is 0 Å². The highest BCUT2D eigenvalue weighted by Crippen LogP contribution is 2.20. The summed E-state index contributed by atoms with van der Waals surface area (Å²) in [4.78, 5) is 15.0. The number of amides is 1. The quantitative estimate of drug-likeness (QED) is 0.441. The van der Waals surface area contributed by atoms with E-state index in [9.17, 15) is 15.0 Å². The average molecular weight is 295 g/mol. The van der Waals surface area contributed by atoms with Crippen LogP contribution >= 0.6 is 0 Å². The van der Waals surface area contributed by atoms with Gasteiger partial charge in [-0.3, -0.25) is 4.79 Å². The third-order valence-corrected chi connectivity index (χ3v) is 3.16. The third kappa shape index (κ3) is 2.76. The summed E-state index contributed by atoms with van der Waals surface area (Å²) in [7, 11) is 0. The topological polar surface area (TPSA) is 97.7 Å². The van der Waals surface area contributed by atoms with Gasteiger partial charge in [0, 0.05) is 34.3 Å². The lowest BCUT2D eigenvalue weighted by Gasteiger charge is -2.01. The van der Waals surface area contributed by atoms with E-state index in [-0.39, 0.29) is 17.1 Å². The van der Waals surface area contributed by atoms with Crippen molar-refractivity contribution in [3.8, 4) is 11.5 Å². The minimum atomic E-state index is -0.526. The maximum absolute atomic E-state index is 11.9. The fraction of sp³-hybridized carbons (Fsp3) is 0. The van der Waals surface area contributed by atoms with Crippen LogP contribution in [-0.4, -0.2) is 27.3 Å². The van der Waals surface area contributed by atoms with E-state index in [1.807, 2.05) is 24.3 Å². The SMILES string of the molecule is O=C(NN=Cc1c[nH]c2ccccc12)c1cc(O)cc(O)c1. The predicted octanol–water partition coefficient (Wildman–Crippen LogP) is 2.34. The van der Waals surface area contributed by atoms with Crippen molar-refractivity contribution in [3.63, 3.8) is 0 Å². The van der Waals surface area contributed by atoms with E-state index in [1.54, 1.807) is 6.20 Å². The van der Waals surface area contributed by atoms with Crippen LogP contribution in [-0.2, 0) is 0 Å². The van der Waals surface area contributed by atoms with Crippen molar-refractivity contribution < 1.29 is 15.0 Å². The van der Waals surface area contributed by atoms with Gasteiger partial charge >= 0.3 is 0 Å². The number of hydrazone groups is 1. The number of carbonyl (C=O) groups excluding carboxylic acids is 1. The van der Waals surface area contributed by atoms with Crippen molar-refractivity contribution >= 4 is 23.0 Å². The number of hydrogen-bond acceptors (Lipinski definition) is 4. The van der Waals surface area contributed by atoms with E-state index < -0.39 is 5.91 Å².